The van der Waals surface area contributed by atoms with Gasteiger partial charge in [-0.2, -0.15) is 0 Å². The Morgan fingerprint density at radius 1 is 1.06 bits per heavy atom. The van der Waals surface area contributed by atoms with Gasteiger partial charge < -0.3 is 5.11 Å². The van der Waals surface area contributed by atoms with Gasteiger partial charge in [-0.3, -0.25) is 4.79 Å². The van der Waals surface area contributed by atoms with Crippen LogP contribution in [0.4, 0.5) is 0 Å². The van der Waals surface area contributed by atoms with Gasteiger partial charge in [0.2, 0.25) is 0 Å². The number of hydrogen-bond donors (Lipinski definition) is 1. The van der Waals surface area contributed by atoms with Crippen LogP contribution >= 0.6 is 0 Å². The fourth-order valence-corrected chi connectivity index (χ4v) is 4.38. The first-order chi connectivity index (χ1) is 7.49. The molecule has 1 saturated carbocycles. The number of rotatable bonds is 3. The van der Waals surface area contributed by atoms with E-state index in [4.69, 9.17) is 0 Å². The molecule has 1 N–H and O–H groups in total. The SMILES string of the molecule is O=C(O)C(C1CCC1)C1CCS(=O)(=O)CC1. The fraction of sp³-hybridized carbons (Fsp3) is 0.909. The molecule has 1 aliphatic heterocycles. The summed E-state index contributed by atoms with van der Waals surface area (Å²) in [4.78, 5) is 11.2. The monoisotopic (exact) mass is 246 g/mol. The summed E-state index contributed by atoms with van der Waals surface area (Å²) in [5.74, 6) is -0.310. The van der Waals surface area contributed by atoms with E-state index in [0.29, 0.717) is 18.8 Å². The van der Waals surface area contributed by atoms with Crippen LogP contribution in [0.1, 0.15) is 32.1 Å². The van der Waals surface area contributed by atoms with Crippen LogP contribution < -0.4 is 0 Å². The normalized spacial score (nSPS) is 28.2. The number of sulfone groups is 1. The molecule has 0 aromatic rings. The van der Waals surface area contributed by atoms with E-state index in [2.05, 4.69) is 0 Å². The Balaban J connectivity index is 2.02. The molecule has 1 atom stereocenters. The zero-order valence-electron chi connectivity index (χ0n) is 9.26. The zero-order chi connectivity index (χ0) is 11.8. The molecule has 2 fully saturated rings. The Labute approximate surface area is 96.0 Å². The lowest BCUT2D eigenvalue weighted by atomic mass is 9.69. The van der Waals surface area contributed by atoms with Crippen LogP contribution in [0.25, 0.3) is 0 Å². The zero-order valence-corrected chi connectivity index (χ0v) is 10.1. The van der Waals surface area contributed by atoms with Crippen molar-refractivity contribution in [1.29, 1.82) is 0 Å². The lowest BCUT2D eigenvalue weighted by molar-refractivity contribution is -0.147. The average Bonchev–Trinajstić information content (AvgIpc) is 2.11. The minimum Gasteiger partial charge on any atom is -0.481 e. The molecule has 0 bridgehead atoms. The highest BCUT2D eigenvalue weighted by molar-refractivity contribution is 7.91. The van der Waals surface area contributed by atoms with Gasteiger partial charge in [0, 0.05) is 0 Å². The smallest absolute Gasteiger partial charge is 0.307 e. The van der Waals surface area contributed by atoms with E-state index in [1.807, 2.05) is 0 Å². The van der Waals surface area contributed by atoms with Gasteiger partial charge in [-0.25, -0.2) is 8.42 Å². The first-order valence-electron chi connectivity index (χ1n) is 5.93. The van der Waals surface area contributed by atoms with E-state index in [-0.39, 0.29) is 23.3 Å². The van der Waals surface area contributed by atoms with Gasteiger partial charge in [-0.15, -0.1) is 0 Å². The summed E-state index contributed by atoms with van der Waals surface area (Å²) in [6.45, 7) is 0. The van der Waals surface area contributed by atoms with Gasteiger partial charge >= 0.3 is 5.97 Å². The van der Waals surface area contributed by atoms with Crippen molar-refractivity contribution in [2.75, 3.05) is 11.5 Å². The van der Waals surface area contributed by atoms with Gasteiger partial charge in [-0.05, 0) is 37.5 Å². The Hall–Kier alpha value is -0.580. The predicted molar refractivity (Wildman–Crippen MR) is 59.8 cm³/mol. The van der Waals surface area contributed by atoms with Crippen LogP contribution in [0.3, 0.4) is 0 Å². The van der Waals surface area contributed by atoms with Gasteiger partial charge in [-0.1, -0.05) is 6.42 Å². The Morgan fingerprint density at radius 2 is 1.56 bits per heavy atom. The molecule has 5 heteroatoms. The number of carboxylic acid groups (broad SMARTS) is 1. The molecule has 1 aliphatic carbocycles. The number of carbonyl (C=O) groups is 1. The minimum atomic E-state index is -2.88. The largest absolute Gasteiger partial charge is 0.481 e. The molecule has 0 radical (unpaired) electrons. The third-order valence-electron chi connectivity index (χ3n) is 4.05. The Kier molecular flexibility index (Phi) is 3.24. The maximum Gasteiger partial charge on any atom is 0.307 e. The molecular formula is C11H18O4S. The fourth-order valence-electron chi connectivity index (χ4n) is 2.85. The summed E-state index contributed by atoms with van der Waals surface area (Å²) in [6.07, 6.45) is 4.20. The second-order valence-corrected chi connectivity index (χ2v) is 7.35. The van der Waals surface area contributed by atoms with Crippen LogP contribution in [-0.4, -0.2) is 31.0 Å². The quantitative estimate of drug-likeness (QED) is 0.815. The van der Waals surface area contributed by atoms with Crippen molar-refractivity contribution in [2.24, 2.45) is 17.8 Å². The summed E-state index contributed by atoms with van der Waals surface area (Å²) < 4.78 is 22.6. The van der Waals surface area contributed by atoms with Crippen molar-refractivity contribution in [3.8, 4) is 0 Å². The Bertz CT molecular complexity index is 355. The molecule has 1 heterocycles. The van der Waals surface area contributed by atoms with Crippen LogP contribution in [0, 0.1) is 17.8 Å². The van der Waals surface area contributed by atoms with E-state index in [0.717, 1.165) is 19.3 Å². The third-order valence-corrected chi connectivity index (χ3v) is 5.77. The Morgan fingerprint density at radius 3 is 1.94 bits per heavy atom. The van der Waals surface area contributed by atoms with Crippen molar-refractivity contribution in [1.82, 2.24) is 0 Å². The van der Waals surface area contributed by atoms with E-state index in [1.165, 1.54) is 0 Å². The molecular weight excluding hydrogens is 228 g/mol. The topological polar surface area (TPSA) is 71.4 Å². The summed E-state index contributed by atoms with van der Waals surface area (Å²) in [5, 5.41) is 9.24. The van der Waals surface area contributed by atoms with Crippen molar-refractivity contribution in [3.05, 3.63) is 0 Å². The summed E-state index contributed by atoms with van der Waals surface area (Å²) >= 11 is 0. The van der Waals surface area contributed by atoms with E-state index >= 15 is 0 Å². The highest BCUT2D eigenvalue weighted by Gasteiger charge is 2.40. The highest BCUT2D eigenvalue weighted by atomic mass is 32.2. The first kappa shape index (κ1) is 11.9. The average molecular weight is 246 g/mol. The van der Waals surface area contributed by atoms with Gasteiger partial charge in [0.15, 0.2) is 0 Å². The van der Waals surface area contributed by atoms with Crippen LogP contribution in [0.5, 0.6) is 0 Å². The number of aliphatic carboxylic acids is 1. The lowest BCUT2D eigenvalue weighted by Gasteiger charge is -2.37. The predicted octanol–water partition coefficient (Wildman–Crippen LogP) is 1.31. The van der Waals surface area contributed by atoms with Crippen LogP contribution in [0.15, 0.2) is 0 Å². The standard InChI is InChI=1S/C11H18O4S/c12-11(13)10(8-2-1-3-8)9-4-6-16(14,15)7-5-9/h8-10H,1-7H2,(H,12,13). The molecule has 16 heavy (non-hydrogen) atoms. The lowest BCUT2D eigenvalue weighted by Crippen LogP contribution is -2.38. The minimum absolute atomic E-state index is 0.0753. The van der Waals surface area contributed by atoms with Gasteiger partial charge in [0.1, 0.15) is 9.84 Å². The third kappa shape index (κ3) is 2.39. The summed E-state index contributed by atoms with van der Waals surface area (Å²) in [6, 6.07) is 0. The molecule has 4 nitrogen and oxygen atoms in total. The molecule has 92 valence electrons. The maximum atomic E-state index is 11.3. The van der Waals surface area contributed by atoms with Crippen LogP contribution in [-0.2, 0) is 14.6 Å². The van der Waals surface area contributed by atoms with E-state index in [1.54, 1.807) is 0 Å². The van der Waals surface area contributed by atoms with E-state index < -0.39 is 15.8 Å². The van der Waals surface area contributed by atoms with Gasteiger partial charge in [0.25, 0.3) is 0 Å². The van der Waals surface area contributed by atoms with Crippen LogP contribution in [0.2, 0.25) is 0 Å². The van der Waals surface area contributed by atoms with Crippen molar-refractivity contribution in [2.45, 2.75) is 32.1 Å². The van der Waals surface area contributed by atoms with Crippen molar-refractivity contribution < 1.29 is 18.3 Å². The first-order valence-corrected chi connectivity index (χ1v) is 7.75. The van der Waals surface area contributed by atoms with Gasteiger partial charge in [0.05, 0.1) is 17.4 Å². The molecule has 2 aliphatic rings. The summed E-state index contributed by atoms with van der Waals surface area (Å²) in [5.41, 5.74) is 0. The van der Waals surface area contributed by atoms with Crippen molar-refractivity contribution >= 4 is 15.8 Å². The van der Waals surface area contributed by atoms with E-state index in [9.17, 15) is 18.3 Å². The molecule has 1 saturated heterocycles. The van der Waals surface area contributed by atoms with Crippen molar-refractivity contribution in [3.63, 3.8) is 0 Å². The number of carboxylic acids is 1. The molecule has 0 aromatic heterocycles. The maximum absolute atomic E-state index is 11.3. The second-order valence-electron chi connectivity index (χ2n) is 5.04. The molecule has 2 rings (SSSR count). The number of hydrogen-bond acceptors (Lipinski definition) is 3. The summed E-state index contributed by atoms with van der Waals surface area (Å²) in [7, 11) is -2.88. The molecule has 0 amide bonds. The highest BCUT2D eigenvalue weighted by Crippen LogP contribution is 2.41. The molecule has 0 aromatic carbocycles. The second kappa shape index (κ2) is 4.35. The molecule has 1 unspecified atom stereocenters. The molecule has 0 spiro atoms.